The number of carbonyl (C=O) groups is 1. The maximum absolute atomic E-state index is 12.5. The minimum atomic E-state index is -0.360. The zero-order chi connectivity index (χ0) is 12.5. The Balaban J connectivity index is 2.21. The molecule has 1 aromatic rings. The summed E-state index contributed by atoms with van der Waals surface area (Å²) in [7, 11) is 1.83. The second kappa shape index (κ2) is 4.61. The fourth-order valence-corrected chi connectivity index (χ4v) is 2.65. The quantitative estimate of drug-likeness (QED) is 0.812. The summed E-state index contributed by atoms with van der Waals surface area (Å²) in [6.07, 6.45) is 5.80. The third kappa shape index (κ3) is 2.27. The van der Waals surface area contributed by atoms with Gasteiger partial charge in [0, 0.05) is 25.2 Å². The minimum Gasteiger partial charge on any atom is -0.329 e. The van der Waals surface area contributed by atoms with Crippen LogP contribution in [0.25, 0.3) is 0 Å². The Kier molecular flexibility index (Phi) is 3.33. The lowest BCUT2D eigenvalue weighted by molar-refractivity contribution is 0.0689. The highest BCUT2D eigenvalue weighted by Crippen LogP contribution is 2.40. The molecule has 0 unspecified atom stereocenters. The molecule has 2 rings (SSSR count). The Morgan fingerprint density at radius 3 is 2.71 bits per heavy atom. The number of hydrogen-bond acceptors (Lipinski definition) is 3. The van der Waals surface area contributed by atoms with Crippen LogP contribution in [0.1, 0.15) is 43.1 Å². The zero-order valence-electron chi connectivity index (χ0n) is 10.6. The number of carbonyl (C=O) groups excluding carboxylic acids is 1. The van der Waals surface area contributed by atoms with E-state index in [9.17, 15) is 4.79 Å². The van der Waals surface area contributed by atoms with Crippen molar-refractivity contribution >= 4 is 5.78 Å². The average molecular weight is 235 g/mol. The van der Waals surface area contributed by atoms with E-state index in [0.29, 0.717) is 18.2 Å². The van der Waals surface area contributed by atoms with Crippen LogP contribution in [0.2, 0.25) is 0 Å². The molecule has 1 aromatic heterocycles. The third-order valence-electron chi connectivity index (χ3n) is 4.05. The molecule has 0 aromatic carbocycles. The highest BCUT2D eigenvalue weighted by Gasteiger charge is 2.40. The lowest BCUT2D eigenvalue weighted by atomic mass is 9.68. The van der Waals surface area contributed by atoms with Gasteiger partial charge in [-0.3, -0.25) is 9.48 Å². The number of aromatic nitrogens is 2. The number of nitrogens with zero attached hydrogens (tertiary/aromatic N) is 2. The molecular formula is C13H21N3O. The number of rotatable bonds is 3. The number of aryl methyl sites for hydroxylation is 1. The summed E-state index contributed by atoms with van der Waals surface area (Å²) in [6.45, 7) is 2.68. The van der Waals surface area contributed by atoms with Gasteiger partial charge in [0.15, 0.2) is 5.78 Å². The second-order valence-corrected chi connectivity index (χ2v) is 5.37. The first kappa shape index (κ1) is 12.3. The van der Waals surface area contributed by atoms with Crippen LogP contribution < -0.4 is 5.73 Å². The van der Waals surface area contributed by atoms with Gasteiger partial charge in [0.2, 0.25) is 0 Å². The number of ketones is 1. The van der Waals surface area contributed by atoms with Gasteiger partial charge in [0.25, 0.3) is 0 Å². The molecule has 0 aliphatic heterocycles. The highest BCUT2D eigenvalue weighted by molar-refractivity contribution is 5.99. The Hall–Kier alpha value is -1.16. The van der Waals surface area contributed by atoms with E-state index < -0.39 is 0 Å². The van der Waals surface area contributed by atoms with Gasteiger partial charge in [0.05, 0.1) is 0 Å². The molecule has 17 heavy (non-hydrogen) atoms. The Morgan fingerprint density at radius 2 is 2.24 bits per heavy atom. The van der Waals surface area contributed by atoms with Crippen LogP contribution in [0, 0.1) is 11.3 Å². The van der Waals surface area contributed by atoms with E-state index in [1.807, 2.05) is 13.2 Å². The van der Waals surface area contributed by atoms with Crippen LogP contribution in [0.5, 0.6) is 0 Å². The fraction of sp³-hybridized carbons (Fsp3) is 0.692. The minimum absolute atomic E-state index is 0.132. The molecule has 0 bridgehead atoms. The van der Waals surface area contributed by atoms with Crippen molar-refractivity contribution in [2.24, 2.45) is 24.1 Å². The topological polar surface area (TPSA) is 60.9 Å². The van der Waals surface area contributed by atoms with Gasteiger partial charge in [-0.05, 0) is 37.7 Å². The van der Waals surface area contributed by atoms with Crippen molar-refractivity contribution in [3.63, 3.8) is 0 Å². The molecule has 1 fully saturated rings. The molecule has 0 radical (unpaired) electrons. The first-order valence-electron chi connectivity index (χ1n) is 6.32. The van der Waals surface area contributed by atoms with Gasteiger partial charge in [0.1, 0.15) is 5.69 Å². The molecule has 1 heterocycles. The monoisotopic (exact) mass is 235 g/mol. The first-order chi connectivity index (χ1) is 8.07. The average Bonchev–Trinajstić information content (AvgIpc) is 2.76. The number of hydrogen-bond donors (Lipinski definition) is 1. The summed E-state index contributed by atoms with van der Waals surface area (Å²) in [5.41, 5.74) is 6.08. The van der Waals surface area contributed by atoms with Crippen molar-refractivity contribution in [3.05, 3.63) is 18.0 Å². The summed E-state index contributed by atoms with van der Waals surface area (Å²) in [6, 6.07) is 1.79. The second-order valence-electron chi connectivity index (χ2n) is 5.37. The molecule has 1 aliphatic rings. The largest absolute Gasteiger partial charge is 0.329 e. The van der Waals surface area contributed by atoms with Crippen LogP contribution in [0.4, 0.5) is 0 Å². The Morgan fingerprint density at radius 1 is 1.59 bits per heavy atom. The molecule has 0 spiro atoms. The van der Waals surface area contributed by atoms with Gasteiger partial charge in [-0.1, -0.05) is 6.92 Å². The van der Waals surface area contributed by atoms with Crippen LogP contribution in [0.3, 0.4) is 0 Å². The van der Waals surface area contributed by atoms with Gasteiger partial charge in [-0.25, -0.2) is 0 Å². The van der Waals surface area contributed by atoms with Crippen molar-refractivity contribution in [3.8, 4) is 0 Å². The van der Waals surface area contributed by atoms with Crippen molar-refractivity contribution in [2.75, 3.05) is 6.54 Å². The van der Waals surface area contributed by atoms with Crippen molar-refractivity contribution in [1.29, 1.82) is 0 Å². The molecule has 0 atom stereocenters. The summed E-state index contributed by atoms with van der Waals surface area (Å²) in [5.74, 6) is 0.846. The van der Waals surface area contributed by atoms with Gasteiger partial charge >= 0.3 is 0 Å². The molecule has 1 saturated carbocycles. The summed E-state index contributed by atoms with van der Waals surface area (Å²) in [4.78, 5) is 12.5. The smallest absolute Gasteiger partial charge is 0.190 e. The first-order valence-corrected chi connectivity index (χ1v) is 6.32. The van der Waals surface area contributed by atoms with Crippen molar-refractivity contribution in [2.45, 2.75) is 32.6 Å². The van der Waals surface area contributed by atoms with Gasteiger partial charge in [-0.15, -0.1) is 0 Å². The molecule has 4 nitrogen and oxygen atoms in total. The molecule has 0 saturated heterocycles. The van der Waals surface area contributed by atoms with Crippen molar-refractivity contribution < 1.29 is 4.79 Å². The van der Waals surface area contributed by atoms with E-state index >= 15 is 0 Å². The summed E-state index contributed by atoms with van der Waals surface area (Å²) in [5, 5.41) is 4.21. The maximum Gasteiger partial charge on any atom is 0.190 e. The predicted molar refractivity (Wildman–Crippen MR) is 66.7 cm³/mol. The molecule has 0 amide bonds. The van der Waals surface area contributed by atoms with E-state index in [0.717, 1.165) is 25.7 Å². The lowest BCUT2D eigenvalue weighted by Gasteiger charge is -2.36. The molecule has 2 N–H and O–H groups in total. The predicted octanol–water partition coefficient (Wildman–Crippen LogP) is 1.76. The van der Waals surface area contributed by atoms with E-state index in [1.165, 1.54) is 0 Å². The van der Waals surface area contributed by atoms with Crippen LogP contribution in [0.15, 0.2) is 12.3 Å². The highest BCUT2D eigenvalue weighted by atomic mass is 16.1. The maximum atomic E-state index is 12.5. The number of nitrogens with two attached hydrogens (primary N) is 1. The van der Waals surface area contributed by atoms with E-state index in [1.54, 1.807) is 10.7 Å². The normalized spacial score (nSPS) is 29.2. The fourth-order valence-electron chi connectivity index (χ4n) is 2.65. The van der Waals surface area contributed by atoms with Crippen LogP contribution in [-0.4, -0.2) is 22.1 Å². The summed E-state index contributed by atoms with van der Waals surface area (Å²) < 4.78 is 1.67. The molecular weight excluding hydrogens is 214 g/mol. The van der Waals surface area contributed by atoms with Gasteiger partial charge in [-0.2, -0.15) is 5.10 Å². The summed E-state index contributed by atoms with van der Waals surface area (Å²) >= 11 is 0. The molecule has 4 heteroatoms. The van der Waals surface area contributed by atoms with Crippen LogP contribution >= 0.6 is 0 Å². The Bertz CT molecular complexity index is 403. The van der Waals surface area contributed by atoms with Crippen molar-refractivity contribution in [1.82, 2.24) is 9.78 Å². The Labute approximate surface area is 102 Å². The third-order valence-corrected chi connectivity index (χ3v) is 4.05. The zero-order valence-corrected chi connectivity index (χ0v) is 10.6. The van der Waals surface area contributed by atoms with E-state index in [-0.39, 0.29) is 11.2 Å². The standard InChI is InChI=1S/C13H21N3O/c1-10-3-6-13(9-14,7-4-10)12(17)11-5-8-16(2)15-11/h5,8,10H,3-4,6-7,9,14H2,1-2H3. The lowest BCUT2D eigenvalue weighted by Crippen LogP contribution is -2.41. The van der Waals surface area contributed by atoms with E-state index in [2.05, 4.69) is 12.0 Å². The van der Waals surface area contributed by atoms with Crippen LogP contribution in [-0.2, 0) is 7.05 Å². The van der Waals surface area contributed by atoms with Gasteiger partial charge < -0.3 is 5.73 Å². The number of Topliss-reactive ketones (excluding diaryl/α,β-unsaturated/α-hetero) is 1. The molecule has 1 aliphatic carbocycles. The SMILES string of the molecule is CC1CCC(CN)(C(=O)c2ccn(C)n2)CC1. The molecule has 94 valence electrons. The van der Waals surface area contributed by atoms with E-state index in [4.69, 9.17) is 5.73 Å².